The quantitative estimate of drug-likeness (QED) is 0.560. The van der Waals surface area contributed by atoms with Gasteiger partial charge in [0.05, 0.1) is 13.7 Å². The summed E-state index contributed by atoms with van der Waals surface area (Å²) in [5, 5.41) is 5.07. The van der Waals surface area contributed by atoms with Crippen LogP contribution in [0.25, 0.3) is 0 Å². The van der Waals surface area contributed by atoms with Crippen molar-refractivity contribution in [3.05, 3.63) is 40.8 Å². The normalized spacial score (nSPS) is 17.3. The Morgan fingerprint density at radius 3 is 2.76 bits per heavy atom. The first-order valence-corrected chi connectivity index (χ1v) is 9.64. The molecule has 1 aromatic carbocycles. The van der Waals surface area contributed by atoms with E-state index in [4.69, 9.17) is 4.74 Å². The summed E-state index contributed by atoms with van der Waals surface area (Å²) in [6.07, 6.45) is 2.69. The molecule has 1 aromatic rings. The molecule has 158 valence electrons. The van der Waals surface area contributed by atoms with Crippen molar-refractivity contribution in [2.75, 3.05) is 40.8 Å². The zero-order valence-electron chi connectivity index (χ0n) is 17.5. The fourth-order valence-corrected chi connectivity index (χ4v) is 3.20. The van der Waals surface area contributed by atoms with Crippen molar-refractivity contribution in [3.8, 4) is 5.75 Å². The fourth-order valence-electron chi connectivity index (χ4n) is 3.20. The second kappa shape index (κ2) is 10.7. The third-order valence-electron chi connectivity index (χ3n) is 4.82. The third kappa shape index (κ3) is 6.12. The maximum atomic E-state index is 14.7. The molecule has 2 N–H and O–H groups in total. The van der Waals surface area contributed by atoms with Gasteiger partial charge in [0.2, 0.25) is 5.91 Å². The predicted octanol–water partition coefficient (Wildman–Crippen LogP) is 1.88. The molecule has 1 aliphatic rings. The lowest BCUT2D eigenvalue weighted by molar-refractivity contribution is -0.124. The number of ether oxygens (including phenoxy) is 1. The molecule has 2 rings (SSSR count). The maximum Gasteiger partial charge on any atom is 0.270 e. The number of halogens is 1. The molecule has 1 fully saturated rings. The molecule has 0 saturated carbocycles. The molecule has 0 aliphatic carbocycles. The first-order valence-electron chi connectivity index (χ1n) is 9.64. The van der Waals surface area contributed by atoms with Crippen LogP contribution in [0.1, 0.15) is 31.7 Å². The van der Waals surface area contributed by atoms with Crippen molar-refractivity contribution >= 4 is 17.5 Å². The summed E-state index contributed by atoms with van der Waals surface area (Å²) in [6.45, 7) is 3.04. The summed E-state index contributed by atoms with van der Waals surface area (Å²) in [6, 6.07) is 4.80. The van der Waals surface area contributed by atoms with Crippen LogP contribution in [-0.2, 0) is 9.59 Å². The van der Waals surface area contributed by atoms with Gasteiger partial charge < -0.3 is 20.3 Å². The van der Waals surface area contributed by atoms with Crippen molar-refractivity contribution in [2.45, 2.75) is 26.2 Å². The van der Waals surface area contributed by atoms with Crippen molar-refractivity contribution in [1.82, 2.24) is 15.5 Å². The zero-order chi connectivity index (χ0) is 21.4. The number of likely N-dealkylation sites (N-methyl/N-ethyl adjacent to an activating group) is 2. The molecular formula is C21H29FN4O3. The first kappa shape index (κ1) is 22.5. The molecule has 29 heavy (non-hydrogen) atoms. The number of nitrogens with zero attached hydrogens (tertiary/aromatic N) is 2. The Labute approximate surface area is 171 Å². The Hall–Kier alpha value is -2.74. The lowest BCUT2D eigenvalue weighted by Crippen LogP contribution is -2.36. The van der Waals surface area contributed by atoms with Crippen LogP contribution in [-0.4, -0.2) is 63.3 Å². The molecule has 0 spiro atoms. The highest BCUT2D eigenvalue weighted by molar-refractivity contribution is 6.04. The minimum Gasteiger partial charge on any atom is -0.494 e. The SMILES string of the molecule is CNC(=O)CNC(=O)/C(N=C(C)c1cccc(OC)c1F)=C1/CCCCN(C)C1. The van der Waals surface area contributed by atoms with Gasteiger partial charge in [0.15, 0.2) is 11.6 Å². The van der Waals surface area contributed by atoms with Crippen LogP contribution in [0, 0.1) is 5.82 Å². The monoisotopic (exact) mass is 404 g/mol. The number of rotatable bonds is 6. The molecule has 1 heterocycles. The van der Waals surface area contributed by atoms with Crippen LogP contribution in [0.15, 0.2) is 34.5 Å². The number of hydrogen-bond donors (Lipinski definition) is 2. The minimum atomic E-state index is -0.524. The van der Waals surface area contributed by atoms with Gasteiger partial charge in [0, 0.05) is 24.9 Å². The van der Waals surface area contributed by atoms with Crippen molar-refractivity contribution in [2.24, 2.45) is 4.99 Å². The van der Waals surface area contributed by atoms with Gasteiger partial charge in [-0.1, -0.05) is 6.07 Å². The zero-order valence-corrected chi connectivity index (χ0v) is 17.5. The standard InChI is InChI=1S/C21H29FN4O3/c1-14(16-9-7-10-17(29-4)19(16)22)25-20(21(28)24-12-18(27)23-2)15-8-5-6-11-26(3)13-15/h7,9-10H,5-6,8,11-13H2,1-4H3,(H,23,27)(H,24,28)/b20-15+,25-14?. The summed E-state index contributed by atoms with van der Waals surface area (Å²) in [5.41, 5.74) is 1.75. The first-order chi connectivity index (χ1) is 13.9. The highest BCUT2D eigenvalue weighted by Gasteiger charge is 2.20. The molecule has 8 heteroatoms. The van der Waals surface area contributed by atoms with Gasteiger partial charge in [0.25, 0.3) is 5.91 Å². The van der Waals surface area contributed by atoms with Gasteiger partial charge in [-0.05, 0) is 57.5 Å². The van der Waals surface area contributed by atoms with Crippen LogP contribution < -0.4 is 15.4 Å². The lowest BCUT2D eigenvalue weighted by atomic mass is 10.1. The minimum absolute atomic E-state index is 0.115. The number of amides is 2. The number of benzene rings is 1. The van der Waals surface area contributed by atoms with Gasteiger partial charge >= 0.3 is 0 Å². The van der Waals surface area contributed by atoms with E-state index in [2.05, 4.69) is 20.5 Å². The van der Waals surface area contributed by atoms with E-state index in [9.17, 15) is 14.0 Å². The van der Waals surface area contributed by atoms with E-state index in [-0.39, 0.29) is 29.5 Å². The van der Waals surface area contributed by atoms with Gasteiger partial charge in [-0.2, -0.15) is 0 Å². The second-order valence-corrected chi connectivity index (χ2v) is 7.02. The van der Waals surface area contributed by atoms with Gasteiger partial charge in [-0.25, -0.2) is 9.38 Å². The molecular weight excluding hydrogens is 375 g/mol. The van der Waals surface area contributed by atoms with Gasteiger partial charge in [-0.3, -0.25) is 9.59 Å². The molecule has 2 amide bonds. The summed E-state index contributed by atoms with van der Waals surface area (Å²) in [7, 11) is 4.89. The number of carbonyl (C=O) groups excluding carboxylic acids is 2. The second-order valence-electron chi connectivity index (χ2n) is 7.02. The summed E-state index contributed by atoms with van der Waals surface area (Å²) in [5.74, 6) is -1.16. The molecule has 1 saturated heterocycles. The number of aliphatic imine (C=N–C) groups is 1. The Kier molecular flexibility index (Phi) is 8.33. The highest BCUT2D eigenvalue weighted by Crippen LogP contribution is 2.23. The summed E-state index contributed by atoms with van der Waals surface area (Å²) in [4.78, 5) is 31.0. The number of hydrogen-bond acceptors (Lipinski definition) is 5. The summed E-state index contributed by atoms with van der Waals surface area (Å²) < 4.78 is 19.7. The largest absolute Gasteiger partial charge is 0.494 e. The van der Waals surface area contributed by atoms with Crippen LogP contribution >= 0.6 is 0 Å². The molecule has 0 unspecified atom stereocenters. The topological polar surface area (TPSA) is 83.0 Å². The van der Waals surface area contributed by atoms with E-state index in [0.29, 0.717) is 12.3 Å². The smallest absolute Gasteiger partial charge is 0.270 e. The number of methoxy groups -OCH3 is 1. The van der Waals surface area contributed by atoms with E-state index in [0.717, 1.165) is 31.4 Å². The fraction of sp³-hybridized carbons (Fsp3) is 0.476. The van der Waals surface area contributed by atoms with E-state index in [1.807, 2.05) is 7.05 Å². The van der Waals surface area contributed by atoms with Crippen molar-refractivity contribution in [1.29, 1.82) is 0 Å². The predicted molar refractivity (Wildman–Crippen MR) is 111 cm³/mol. The highest BCUT2D eigenvalue weighted by atomic mass is 19.1. The van der Waals surface area contributed by atoms with Crippen LogP contribution in [0.5, 0.6) is 5.75 Å². The molecule has 0 atom stereocenters. The van der Waals surface area contributed by atoms with Crippen LogP contribution in [0.3, 0.4) is 0 Å². The van der Waals surface area contributed by atoms with Crippen molar-refractivity contribution in [3.63, 3.8) is 0 Å². The average Bonchev–Trinajstić information content (AvgIpc) is 2.94. The van der Waals surface area contributed by atoms with E-state index in [1.54, 1.807) is 19.1 Å². The molecule has 0 bridgehead atoms. The molecule has 1 aliphatic heterocycles. The van der Waals surface area contributed by atoms with Crippen LogP contribution in [0.4, 0.5) is 4.39 Å². The number of carbonyl (C=O) groups is 2. The Balaban J connectivity index is 2.45. The summed E-state index contributed by atoms with van der Waals surface area (Å²) >= 11 is 0. The van der Waals surface area contributed by atoms with E-state index in [1.165, 1.54) is 20.2 Å². The van der Waals surface area contributed by atoms with Crippen LogP contribution in [0.2, 0.25) is 0 Å². The Morgan fingerprint density at radius 1 is 1.31 bits per heavy atom. The Morgan fingerprint density at radius 2 is 2.07 bits per heavy atom. The third-order valence-corrected chi connectivity index (χ3v) is 4.82. The Bertz CT molecular complexity index is 820. The molecule has 7 nitrogen and oxygen atoms in total. The van der Waals surface area contributed by atoms with Gasteiger partial charge in [0.1, 0.15) is 5.70 Å². The number of likely N-dealkylation sites (tertiary alicyclic amines) is 1. The number of nitrogens with one attached hydrogen (secondary N) is 2. The van der Waals surface area contributed by atoms with Crippen molar-refractivity contribution < 1.29 is 18.7 Å². The maximum absolute atomic E-state index is 14.7. The van der Waals surface area contributed by atoms with E-state index < -0.39 is 11.7 Å². The van der Waals surface area contributed by atoms with Gasteiger partial charge in [-0.15, -0.1) is 0 Å². The van der Waals surface area contributed by atoms with E-state index >= 15 is 0 Å². The molecule has 0 radical (unpaired) electrons. The molecule has 0 aromatic heterocycles. The average molecular weight is 404 g/mol. The lowest BCUT2D eigenvalue weighted by Gasteiger charge is -2.17.